The zero-order chi connectivity index (χ0) is 26.9. The van der Waals surface area contributed by atoms with E-state index < -0.39 is 28.4 Å². The number of ether oxygens (including phenoxy) is 2. The van der Waals surface area contributed by atoms with E-state index in [1.807, 2.05) is 26.8 Å². The molecular formula is C28H26N2O7. The Bertz CT molecular complexity index is 1410. The Balaban J connectivity index is 1.96. The van der Waals surface area contributed by atoms with Crippen molar-refractivity contribution in [1.29, 1.82) is 0 Å². The average molecular weight is 503 g/mol. The normalized spacial score (nSPS) is 16.6. The van der Waals surface area contributed by atoms with Crippen molar-refractivity contribution >= 4 is 28.8 Å². The summed E-state index contributed by atoms with van der Waals surface area (Å²) in [5.74, 6) is -1.20. The summed E-state index contributed by atoms with van der Waals surface area (Å²) in [7, 11) is 1.51. The Labute approximate surface area is 213 Å². The SMILES string of the molecule is CCOc1cc(C2/C(=C(/O)c3ccc([N+](=O)[O-])cc3)C(=O)C(=O)N2c2cc(C)cc(C)c2)ccc1OC. The summed E-state index contributed by atoms with van der Waals surface area (Å²) in [5.41, 5.74) is 2.69. The number of methoxy groups -OCH3 is 1. The number of aliphatic hydroxyl groups is 1. The van der Waals surface area contributed by atoms with Crippen LogP contribution in [-0.2, 0) is 9.59 Å². The van der Waals surface area contributed by atoms with Crippen LogP contribution in [0.15, 0.2) is 66.2 Å². The molecule has 3 aromatic carbocycles. The third-order valence-corrected chi connectivity index (χ3v) is 6.08. The van der Waals surface area contributed by atoms with Gasteiger partial charge in [-0.3, -0.25) is 24.6 Å². The first-order chi connectivity index (χ1) is 17.7. The molecule has 1 heterocycles. The number of hydrogen-bond donors (Lipinski definition) is 1. The molecule has 9 heteroatoms. The molecule has 0 radical (unpaired) electrons. The second kappa shape index (κ2) is 10.1. The van der Waals surface area contributed by atoms with Crippen molar-refractivity contribution in [2.24, 2.45) is 0 Å². The molecule has 1 saturated heterocycles. The molecule has 1 unspecified atom stereocenters. The summed E-state index contributed by atoms with van der Waals surface area (Å²) < 4.78 is 11.1. The summed E-state index contributed by atoms with van der Waals surface area (Å²) in [5, 5.41) is 22.3. The number of Topliss-reactive ketones (excluding diaryl/α,β-unsaturated/α-hetero) is 1. The third kappa shape index (κ3) is 4.75. The second-order valence-electron chi connectivity index (χ2n) is 8.66. The molecule has 0 spiro atoms. The number of amides is 1. The fraction of sp³-hybridized carbons (Fsp3) is 0.214. The summed E-state index contributed by atoms with van der Waals surface area (Å²) in [6, 6.07) is 14.8. The maximum atomic E-state index is 13.4. The first-order valence-corrected chi connectivity index (χ1v) is 11.6. The fourth-order valence-corrected chi connectivity index (χ4v) is 4.53. The number of nitro benzene ring substituents is 1. The van der Waals surface area contributed by atoms with E-state index in [-0.39, 0.29) is 16.8 Å². The lowest BCUT2D eigenvalue weighted by molar-refractivity contribution is -0.384. The third-order valence-electron chi connectivity index (χ3n) is 6.08. The van der Waals surface area contributed by atoms with E-state index in [1.165, 1.54) is 36.3 Å². The summed E-state index contributed by atoms with van der Waals surface area (Å²) in [4.78, 5) is 38.7. The molecule has 0 aliphatic carbocycles. The van der Waals surface area contributed by atoms with E-state index in [1.54, 1.807) is 30.3 Å². The van der Waals surface area contributed by atoms with Crippen LogP contribution in [0.3, 0.4) is 0 Å². The zero-order valence-corrected chi connectivity index (χ0v) is 20.8. The molecule has 190 valence electrons. The van der Waals surface area contributed by atoms with Gasteiger partial charge in [-0.2, -0.15) is 0 Å². The second-order valence-corrected chi connectivity index (χ2v) is 8.66. The highest BCUT2D eigenvalue weighted by atomic mass is 16.6. The van der Waals surface area contributed by atoms with Gasteiger partial charge in [-0.15, -0.1) is 0 Å². The summed E-state index contributed by atoms with van der Waals surface area (Å²) in [6.07, 6.45) is 0. The molecule has 9 nitrogen and oxygen atoms in total. The highest BCUT2D eigenvalue weighted by molar-refractivity contribution is 6.51. The van der Waals surface area contributed by atoms with Crippen LogP contribution in [0.4, 0.5) is 11.4 Å². The zero-order valence-electron chi connectivity index (χ0n) is 20.8. The van der Waals surface area contributed by atoms with Crippen molar-refractivity contribution in [3.63, 3.8) is 0 Å². The molecule has 3 aromatic rings. The Hall–Kier alpha value is -4.66. The smallest absolute Gasteiger partial charge is 0.300 e. The highest BCUT2D eigenvalue weighted by Gasteiger charge is 2.47. The van der Waals surface area contributed by atoms with E-state index in [2.05, 4.69) is 0 Å². The molecule has 1 fully saturated rings. The number of aryl methyl sites for hydroxylation is 2. The van der Waals surface area contributed by atoms with Crippen LogP contribution in [0.2, 0.25) is 0 Å². The van der Waals surface area contributed by atoms with Gasteiger partial charge in [0.1, 0.15) is 5.76 Å². The van der Waals surface area contributed by atoms with Gasteiger partial charge in [-0.05, 0) is 73.9 Å². The Morgan fingerprint density at radius 1 is 1.00 bits per heavy atom. The Kier molecular flexibility index (Phi) is 6.97. The minimum absolute atomic E-state index is 0.134. The van der Waals surface area contributed by atoms with Crippen molar-refractivity contribution in [1.82, 2.24) is 0 Å². The van der Waals surface area contributed by atoms with Crippen LogP contribution in [0.5, 0.6) is 11.5 Å². The monoisotopic (exact) mass is 502 g/mol. The largest absolute Gasteiger partial charge is 0.507 e. The van der Waals surface area contributed by atoms with Gasteiger partial charge in [0.2, 0.25) is 0 Å². The number of aliphatic hydroxyl groups excluding tert-OH is 1. The molecule has 1 atom stereocenters. The molecule has 0 aromatic heterocycles. The van der Waals surface area contributed by atoms with Gasteiger partial charge in [0, 0.05) is 23.4 Å². The van der Waals surface area contributed by atoms with E-state index >= 15 is 0 Å². The van der Waals surface area contributed by atoms with E-state index in [0.29, 0.717) is 29.4 Å². The van der Waals surface area contributed by atoms with E-state index in [9.17, 15) is 24.8 Å². The minimum Gasteiger partial charge on any atom is -0.507 e. The quantitative estimate of drug-likeness (QED) is 0.154. The maximum Gasteiger partial charge on any atom is 0.300 e. The molecule has 37 heavy (non-hydrogen) atoms. The number of rotatable bonds is 7. The Morgan fingerprint density at radius 3 is 2.22 bits per heavy atom. The molecule has 0 saturated carbocycles. The predicted octanol–water partition coefficient (Wildman–Crippen LogP) is 5.25. The summed E-state index contributed by atoms with van der Waals surface area (Å²) >= 11 is 0. The number of nitrogens with zero attached hydrogens (tertiary/aromatic N) is 2. The molecule has 1 aliphatic heterocycles. The molecule has 4 rings (SSSR count). The number of carbonyl (C=O) groups is 2. The standard InChI is InChI=1S/C28H26N2O7/c1-5-37-23-15-19(8-11-22(23)36-4)25-24(26(31)18-6-9-20(10-7-18)30(34)35)27(32)28(33)29(25)21-13-16(2)12-17(3)14-21/h6-15,25,31H,5H2,1-4H3/b26-24-. The molecule has 1 N–H and O–H groups in total. The first-order valence-electron chi connectivity index (χ1n) is 11.6. The highest BCUT2D eigenvalue weighted by Crippen LogP contribution is 2.44. The van der Waals surface area contributed by atoms with Crippen LogP contribution in [0.25, 0.3) is 5.76 Å². The van der Waals surface area contributed by atoms with Crippen LogP contribution in [0.1, 0.15) is 35.2 Å². The predicted molar refractivity (Wildman–Crippen MR) is 138 cm³/mol. The van der Waals surface area contributed by atoms with Gasteiger partial charge >= 0.3 is 0 Å². The topological polar surface area (TPSA) is 119 Å². The minimum atomic E-state index is -0.985. The van der Waals surface area contributed by atoms with Gasteiger partial charge in [0.15, 0.2) is 11.5 Å². The van der Waals surface area contributed by atoms with E-state index in [4.69, 9.17) is 9.47 Å². The first kappa shape index (κ1) is 25.4. The number of non-ortho nitro benzene ring substituents is 1. The lowest BCUT2D eigenvalue weighted by Crippen LogP contribution is -2.29. The Morgan fingerprint density at radius 2 is 1.65 bits per heavy atom. The number of benzene rings is 3. The average Bonchev–Trinajstić information content (AvgIpc) is 3.13. The van der Waals surface area contributed by atoms with Crippen molar-refractivity contribution in [3.8, 4) is 11.5 Å². The molecular weight excluding hydrogens is 476 g/mol. The number of nitro groups is 1. The van der Waals surface area contributed by atoms with Gasteiger partial charge in [0.05, 0.1) is 30.3 Å². The van der Waals surface area contributed by atoms with Crippen molar-refractivity contribution < 1.29 is 29.1 Å². The lowest BCUT2D eigenvalue weighted by Gasteiger charge is -2.26. The number of ketones is 1. The van der Waals surface area contributed by atoms with Crippen molar-refractivity contribution in [2.45, 2.75) is 26.8 Å². The van der Waals surface area contributed by atoms with Gasteiger partial charge in [0.25, 0.3) is 17.4 Å². The molecule has 0 bridgehead atoms. The van der Waals surface area contributed by atoms with E-state index in [0.717, 1.165) is 11.1 Å². The van der Waals surface area contributed by atoms with Crippen LogP contribution in [0, 0.1) is 24.0 Å². The van der Waals surface area contributed by atoms with Crippen LogP contribution in [-0.4, -0.2) is 35.4 Å². The maximum absolute atomic E-state index is 13.4. The number of hydrogen-bond acceptors (Lipinski definition) is 7. The molecule has 1 amide bonds. The van der Waals surface area contributed by atoms with Crippen molar-refractivity contribution in [3.05, 3.63) is 98.6 Å². The number of carbonyl (C=O) groups excluding carboxylic acids is 2. The summed E-state index contributed by atoms with van der Waals surface area (Å²) in [6.45, 7) is 5.96. The van der Waals surface area contributed by atoms with Gasteiger partial charge < -0.3 is 14.6 Å². The number of anilines is 1. The lowest BCUT2D eigenvalue weighted by atomic mass is 9.94. The fourth-order valence-electron chi connectivity index (χ4n) is 4.53. The van der Waals surface area contributed by atoms with Gasteiger partial charge in [-0.1, -0.05) is 12.1 Å². The van der Waals surface area contributed by atoms with Gasteiger partial charge in [-0.25, -0.2) is 0 Å². The molecule has 1 aliphatic rings. The van der Waals surface area contributed by atoms with Crippen LogP contribution < -0.4 is 14.4 Å². The van der Waals surface area contributed by atoms with Crippen LogP contribution >= 0.6 is 0 Å². The van der Waals surface area contributed by atoms with Crippen molar-refractivity contribution in [2.75, 3.05) is 18.6 Å².